The van der Waals surface area contributed by atoms with E-state index in [0.717, 1.165) is 0 Å². The summed E-state index contributed by atoms with van der Waals surface area (Å²) in [6, 6.07) is 3.30. The molecule has 11 nitrogen and oxygen atoms in total. The minimum absolute atomic E-state index is 0.0655. The molecule has 5 atom stereocenters. The molecule has 3 fully saturated rings. The maximum Gasteiger partial charge on any atom is 0.427 e. The predicted octanol–water partition coefficient (Wildman–Crippen LogP) is 7.87. The first-order valence-corrected chi connectivity index (χ1v) is 21.8. The lowest BCUT2D eigenvalue weighted by Crippen LogP contribution is -2.48. The Balaban J connectivity index is 1.25. The van der Waals surface area contributed by atoms with Crippen LogP contribution in [0.5, 0.6) is 5.75 Å². The second-order valence-electron chi connectivity index (χ2n) is 17.7. The molecule has 1 saturated heterocycles. The molecule has 2 aliphatic carbocycles. The quantitative estimate of drug-likeness (QED) is 0.167. The van der Waals surface area contributed by atoms with Gasteiger partial charge in [-0.05, 0) is 96.3 Å². The minimum atomic E-state index is -4.91. The molecule has 7 rings (SSSR count). The van der Waals surface area contributed by atoms with Gasteiger partial charge in [-0.15, -0.1) is 0 Å². The molecule has 1 aromatic carbocycles. The Hall–Kier alpha value is -3.86. The van der Waals surface area contributed by atoms with Gasteiger partial charge in [-0.2, -0.15) is 13.2 Å². The minimum Gasteiger partial charge on any atom is -0.483 e. The van der Waals surface area contributed by atoms with Crippen LogP contribution in [-0.4, -0.2) is 76.6 Å². The smallest absolute Gasteiger partial charge is 0.427 e. The number of nitrogens with one attached hydrogen (secondary N) is 1. The fourth-order valence-corrected chi connectivity index (χ4v) is 10.2. The van der Waals surface area contributed by atoms with Crippen molar-refractivity contribution < 1.29 is 59.0 Å². The highest BCUT2D eigenvalue weighted by molar-refractivity contribution is 7.91. The van der Waals surface area contributed by atoms with Crippen LogP contribution < -0.4 is 9.46 Å². The fourth-order valence-electron chi connectivity index (χ4n) is 8.73. The van der Waals surface area contributed by atoms with E-state index in [4.69, 9.17) is 21.1 Å². The van der Waals surface area contributed by atoms with Crippen LogP contribution in [0.2, 0.25) is 5.02 Å². The molecule has 3 aliphatic heterocycles. The van der Waals surface area contributed by atoms with Crippen molar-refractivity contribution in [3.05, 3.63) is 46.6 Å². The van der Waals surface area contributed by atoms with E-state index in [-0.39, 0.29) is 49.9 Å². The number of pyridine rings is 1. The Labute approximate surface area is 343 Å². The molecule has 59 heavy (non-hydrogen) atoms. The van der Waals surface area contributed by atoms with Gasteiger partial charge in [-0.25, -0.2) is 22.2 Å². The van der Waals surface area contributed by atoms with Gasteiger partial charge in [0.05, 0.1) is 34.7 Å². The Kier molecular flexibility index (Phi) is 11.2. The van der Waals surface area contributed by atoms with Crippen LogP contribution in [0.1, 0.15) is 116 Å². The van der Waals surface area contributed by atoms with Crippen molar-refractivity contribution in [3.63, 3.8) is 0 Å². The number of carbonyl (C=O) groups excluding carboxylic acids is 4. The normalized spacial score (nSPS) is 29.1. The van der Waals surface area contributed by atoms with Gasteiger partial charge in [0.25, 0.3) is 6.43 Å². The van der Waals surface area contributed by atoms with Crippen molar-refractivity contribution in [2.24, 2.45) is 17.3 Å². The van der Waals surface area contributed by atoms with Crippen LogP contribution in [-0.2, 0) is 40.4 Å². The van der Waals surface area contributed by atoms with E-state index in [2.05, 4.69) is 9.71 Å². The second kappa shape index (κ2) is 15.2. The zero-order valence-electron chi connectivity index (χ0n) is 32.9. The maximum atomic E-state index is 14.7. The van der Waals surface area contributed by atoms with Crippen LogP contribution in [0.25, 0.3) is 10.9 Å². The molecule has 0 radical (unpaired) electrons. The number of hydrogen-bond acceptors (Lipinski definition) is 9. The van der Waals surface area contributed by atoms with Crippen molar-refractivity contribution >= 4 is 56.1 Å². The molecule has 2 amide bonds. The third-order valence-corrected chi connectivity index (χ3v) is 15.3. The van der Waals surface area contributed by atoms with Crippen LogP contribution in [0.4, 0.5) is 22.0 Å². The molecule has 1 aromatic heterocycles. The summed E-state index contributed by atoms with van der Waals surface area (Å²) in [5, 5.41) is 0.825. The third-order valence-electron chi connectivity index (χ3n) is 13.0. The number of nitrogens with zero attached hydrogens (tertiary/aromatic N) is 2. The Morgan fingerprint density at radius 3 is 2.51 bits per heavy atom. The van der Waals surface area contributed by atoms with Gasteiger partial charge in [0.15, 0.2) is 11.5 Å². The van der Waals surface area contributed by atoms with Crippen molar-refractivity contribution in [1.82, 2.24) is 14.6 Å². The zero-order valence-corrected chi connectivity index (χ0v) is 34.5. The van der Waals surface area contributed by atoms with Crippen LogP contribution >= 0.6 is 11.6 Å². The highest BCUT2D eigenvalue weighted by Gasteiger charge is 2.63. The molecular formula is C41H47ClF5N3O8S. The third kappa shape index (κ3) is 8.30. The number of sulfonamides is 1. The highest BCUT2D eigenvalue weighted by atomic mass is 35.5. The number of aryl methyl sites for hydroxylation is 1. The standard InChI is InChI=1S/C41H47ClF5N3O8S/c1-37(2,41(45,46)47)57-31(52)17-23-9-7-5-4-6-8-10-24-19-40(24,36(54)49-59(55,56)38(3)15-16-38)21-30(51)29-20-39(22-50(29)35(23)53)14-13-26-27-18-25(42)11-12-28(27)48-32(34(43)44)33(26)58-39/h8,10-12,18,23-24,29,34H,4-7,9,13-17,19-22H2,1-3H3,(H,49,54)/b10-8-/t23-,24-,29+,39-,40-/m1/s1. The van der Waals surface area contributed by atoms with Gasteiger partial charge in [-0.3, -0.25) is 23.9 Å². The van der Waals surface area contributed by atoms with E-state index in [1.165, 1.54) is 24.0 Å². The Bertz CT molecular complexity index is 2210. The summed E-state index contributed by atoms with van der Waals surface area (Å²) in [5.74, 6) is -5.39. The molecule has 2 saturated carbocycles. The second-order valence-corrected chi connectivity index (χ2v) is 20.3. The molecule has 0 bridgehead atoms. The van der Waals surface area contributed by atoms with Crippen LogP contribution in [0.15, 0.2) is 30.4 Å². The average Bonchev–Trinajstić information content (AvgIpc) is 4.03. The van der Waals surface area contributed by atoms with Gasteiger partial charge in [0, 0.05) is 34.7 Å². The lowest BCUT2D eigenvalue weighted by molar-refractivity contribution is -0.257. The Morgan fingerprint density at radius 1 is 1.10 bits per heavy atom. The number of benzene rings is 1. The van der Waals surface area contributed by atoms with Gasteiger partial charge >= 0.3 is 12.1 Å². The average molecular weight is 872 g/mol. The SMILES string of the molecule is CC(C)(OC(=O)C[C@H]1CCCCC/C=C\[C@@H]2C[C@@]2(C(=O)NS(=O)(=O)C2(C)CC2)CC(=O)[C@@H]2C[C@]3(CCc4c(c(C(F)F)nc5ccc(Cl)cc45)O3)CN2C1=O)C(F)(F)F. The summed E-state index contributed by atoms with van der Waals surface area (Å²) in [6.07, 6.45) is -2.32. The number of rotatable bonds is 7. The number of hydrogen-bond donors (Lipinski definition) is 1. The molecular weight excluding hydrogens is 825 g/mol. The summed E-state index contributed by atoms with van der Waals surface area (Å²) in [4.78, 5) is 62.0. The predicted molar refractivity (Wildman–Crippen MR) is 205 cm³/mol. The fraction of sp³-hybridized carbons (Fsp3) is 0.634. The largest absolute Gasteiger partial charge is 0.483 e. The van der Waals surface area contributed by atoms with Crippen molar-refractivity contribution in [1.29, 1.82) is 0 Å². The Morgan fingerprint density at radius 2 is 1.83 bits per heavy atom. The van der Waals surface area contributed by atoms with E-state index in [1.54, 1.807) is 12.1 Å². The molecule has 322 valence electrons. The summed E-state index contributed by atoms with van der Waals surface area (Å²) in [6.45, 7) is 2.60. The molecule has 18 heteroatoms. The number of halogens is 6. The number of allylic oxidation sites excluding steroid dienone is 2. The summed E-state index contributed by atoms with van der Waals surface area (Å²) in [7, 11) is -4.09. The van der Waals surface area contributed by atoms with Crippen molar-refractivity contribution in [2.75, 3.05) is 6.54 Å². The first-order chi connectivity index (χ1) is 27.5. The summed E-state index contributed by atoms with van der Waals surface area (Å²) >= 11 is 6.27. The zero-order chi connectivity index (χ0) is 42.9. The number of ether oxygens (including phenoxy) is 2. The van der Waals surface area contributed by atoms with Gasteiger partial charge in [0.2, 0.25) is 27.4 Å². The van der Waals surface area contributed by atoms with E-state index in [1.807, 2.05) is 6.08 Å². The summed E-state index contributed by atoms with van der Waals surface area (Å²) in [5.41, 5.74) is -5.71. The topological polar surface area (TPSA) is 149 Å². The molecule has 2 aromatic rings. The van der Waals surface area contributed by atoms with Crippen molar-refractivity contribution in [2.45, 2.75) is 139 Å². The van der Waals surface area contributed by atoms with Crippen LogP contribution in [0.3, 0.4) is 0 Å². The lowest BCUT2D eigenvalue weighted by Gasteiger charge is -2.37. The first-order valence-electron chi connectivity index (χ1n) is 19.9. The van der Waals surface area contributed by atoms with E-state index < -0.39 is 104 Å². The number of carbonyl (C=O) groups is 4. The highest BCUT2D eigenvalue weighted by Crippen LogP contribution is 2.58. The molecule has 0 unspecified atom stereocenters. The van der Waals surface area contributed by atoms with Crippen molar-refractivity contribution in [3.8, 4) is 5.75 Å². The number of alkyl halides is 5. The molecule has 4 heterocycles. The number of ketones is 1. The number of esters is 1. The van der Waals surface area contributed by atoms with E-state index >= 15 is 0 Å². The maximum absolute atomic E-state index is 14.7. The molecule has 5 aliphatic rings. The lowest BCUT2D eigenvalue weighted by atomic mass is 9.85. The van der Waals surface area contributed by atoms with Gasteiger partial charge in [-0.1, -0.05) is 36.6 Å². The molecule has 1 N–H and O–H groups in total. The van der Waals surface area contributed by atoms with E-state index in [9.17, 15) is 49.5 Å². The number of Topliss-reactive ketones (excluding diaryl/α,β-unsaturated/α-hetero) is 1. The number of amides is 2. The number of fused-ring (bicyclic) bond motifs is 5. The summed E-state index contributed by atoms with van der Waals surface area (Å²) < 4.78 is 109. The first kappa shape index (κ1) is 43.2. The molecule has 1 spiro atoms. The van der Waals surface area contributed by atoms with Gasteiger partial charge < -0.3 is 14.4 Å². The van der Waals surface area contributed by atoms with Crippen LogP contribution in [0, 0.1) is 17.3 Å². The van der Waals surface area contributed by atoms with Gasteiger partial charge in [0.1, 0.15) is 11.3 Å². The monoisotopic (exact) mass is 871 g/mol. The number of aromatic nitrogens is 1. The van der Waals surface area contributed by atoms with E-state index in [0.29, 0.717) is 68.3 Å².